The first-order chi connectivity index (χ1) is 8.89. The smallest absolute Gasteiger partial charge is 0.309 e. The highest BCUT2D eigenvalue weighted by molar-refractivity contribution is 5.75. The largest absolute Gasteiger partial charge is 0.481 e. The molecule has 19 heavy (non-hydrogen) atoms. The summed E-state index contributed by atoms with van der Waals surface area (Å²) < 4.78 is 31.9. The minimum atomic E-state index is -2.68. The van der Waals surface area contributed by atoms with Crippen molar-refractivity contribution in [3.8, 4) is 0 Å². The molecule has 5 heteroatoms. The van der Waals surface area contributed by atoms with E-state index in [1.54, 1.807) is 7.11 Å². The minimum absolute atomic E-state index is 0.0208. The second kappa shape index (κ2) is 5.35. The van der Waals surface area contributed by atoms with E-state index < -0.39 is 17.3 Å². The molecule has 0 aromatic heterocycles. The Hall–Kier alpha value is -0.710. The lowest BCUT2D eigenvalue weighted by atomic mass is 9.61. The molecule has 0 radical (unpaired) electrons. The fourth-order valence-corrected chi connectivity index (χ4v) is 3.71. The maximum atomic E-state index is 13.3. The van der Waals surface area contributed by atoms with Crippen molar-refractivity contribution in [3.63, 3.8) is 0 Å². The summed E-state index contributed by atoms with van der Waals surface area (Å²) in [5.74, 6) is -3.54. The lowest BCUT2D eigenvalue weighted by Gasteiger charge is -2.44. The molecule has 0 unspecified atom stereocenters. The Morgan fingerprint density at radius 3 is 2.05 bits per heavy atom. The van der Waals surface area contributed by atoms with Crippen LogP contribution in [-0.4, -0.2) is 30.2 Å². The Morgan fingerprint density at radius 2 is 1.63 bits per heavy atom. The molecule has 2 rings (SSSR count). The lowest BCUT2D eigenvalue weighted by Crippen LogP contribution is -2.46. The van der Waals surface area contributed by atoms with E-state index in [-0.39, 0.29) is 37.7 Å². The predicted octanol–water partition coefficient (Wildman–Crippen LogP) is 3.47. The Kier molecular flexibility index (Phi) is 4.14. The molecule has 2 fully saturated rings. The topological polar surface area (TPSA) is 46.5 Å². The van der Waals surface area contributed by atoms with E-state index in [1.807, 2.05) is 0 Å². The van der Waals surface area contributed by atoms with Crippen molar-refractivity contribution in [2.75, 3.05) is 7.11 Å². The molecule has 2 saturated carbocycles. The average molecular weight is 276 g/mol. The number of hydrogen-bond acceptors (Lipinski definition) is 2. The van der Waals surface area contributed by atoms with E-state index in [0.29, 0.717) is 0 Å². The van der Waals surface area contributed by atoms with Gasteiger partial charge < -0.3 is 9.84 Å². The zero-order valence-corrected chi connectivity index (χ0v) is 11.3. The van der Waals surface area contributed by atoms with Crippen molar-refractivity contribution < 1.29 is 23.4 Å². The van der Waals surface area contributed by atoms with Crippen LogP contribution in [0.25, 0.3) is 0 Å². The van der Waals surface area contributed by atoms with Crippen LogP contribution in [0.1, 0.15) is 51.4 Å². The van der Waals surface area contributed by atoms with Crippen LogP contribution >= 0.6 is 0 Å². The van der Waals surface area contributed by atoms with Gasteiger partial charge in [0, 0.05) is 20.0 Å². The summed E-state index contributed by atoms with van der Waals surface area (Å²) >= 11 is 0. The molecule has 0 heterocycles. The number of methoxy groups -OCH3 is 1. The fourth-order valence-electron chi connectivity index (χ4n) is 3.71. The summed E-state index contributed by atoms with van der Waals surface area (Å²) in [6.45, 7) is 0. The molecule has 0 atom stereocenters. The second-order valence-corrected chi connectivity index (χ2v) is 6.03. The molecule has 0 amide bonds. The Bertz CT molecular complexity index is 326. The SMILES string of the molecule is COC1CCC(C2(C(=O)O)CCC(F)(F)CC2)CC1. The van der Waals surface area contributed by atoms with Crippen LogP contribution in [0.3, 0.4) is 0 Å². The van der Waals surface area contributed by atoms with Crippen LogP contribution in [0, 0.1) is 11.3 Å². The van der Waals surface area contributed by atoms with Gasteiger partial charge in [-0.05, 0) is 44.4 Å². The van der Waals surface area contributed by atoms with Crippen LogP contribution in [0.15, 0.2) is 0 Å². The Morgan fingerprint density at radius 1 is 1.11 bits per heavy atom. The molecule has 0 saturated heterocycles. The van der Waals surface area contributed by atoms with Gasteiger partial charge in [0.05, 0.1) is 11.5 Å². The normalized spacial score (nSPS) is 33.8. The predicted molar refractivity (Wildman–Crippen MR) is 66.2 cm³/mol. The molecular weight excluding hydrogens is 254 g/mol. The van der Waals surface area contributed by atoms with E-state index in [1.165, 1.54) is 0 Å². The zero-order valence-electron chi connectivity index (χ0n) is 11.3. The Labute approximate surface area is 112 Å². The van der Waals surface area contributed by atoms with Gasteiger partial charge in [0.2, 0.25) is 5.92 Å². The molecule has 1 N–H and O–H groups in total. The molecule has 0 bridgehead atoms. The highest BCUT2D eigenvalue weighted by Gasteiger charge is 2.52. The summed E-state index contributed by atoms with van der Waals surface area (Å²) in [5.41, 5.74) is -0.930. The fraction of sp³-hybridized carbons (Fsp3) is 0.929. The van der Waals surface area contributed by atoms with E-state index >= 15 is 0 Å². The number of alkyl halides is 2. The van der Waals surface area contributed by atoms with Crippen molar-refractivity contribution in [1.82, 2.24) is 0 Å². The van der Waals surface area contributed by atoms with E-state index in [0.717, 1.165) is 25.7 Å². The van der Waals surface area contributed by atoms with Gasteiger partial charge in [-0.2, -0.15) is 0 Å². The maximum Gasteiger partial charge on any atom is 0.309 e. The molecule has 0 aliphatic heterocycles. The van der Waals surface area contributed by atoms with Crippen molar-refractivity contribution in [1.29, 1.82) is 0 Å². The monoisotopic (exact) mass is 276 g/mol. The first kappa shape index (κ1) is 14.7. The van der Waals surface area contributed by atoms with E-state index in [2.05, 4.69) is 0 Å². The molecule has 0 aromatic rings. The lowest BCUT2D eigenvalue weighted by molar-refractivity contribution is -0.165. The molecule has 0 aromatic carbocycles. The van der Waals surface area contributed by atoms with Gasteiger partial charge in [-0.3, -0.25) is 4.79 Å². The summed E-state index contributed by atoms with van der Waals surface area (Å²) in [6, 6.07) is 0. The summed E-state index contributed by atoms with van der Waals surface area (Å²) in [4.78, 5) is 11.7. The minimum Gasteiger partial charge on any atom is -0.481 e. The van der Waals surface area contributed by atoms with Gasteiger partial charge in [0.15, 0.2) is 0 Å². The Balaban J connectivity index is 2.07. The van der Waals surface area contributed by atoms with Crippen LogP contribution in [0.4, 0.5) is 8.78 Å². The molecular formula is C14H22F2O3. The van der Waals surface area contributed by atoms with Crippen molar-refractivity contribution in [2.24, 2.45) is 11.3 Å². The zero-order chi connectivity index (χ0) is 14.1. The van der Waals surface area contributed by atoms with E-state index in [9.17, 15) is 18.7 Å². The van der Waals surface area contributed by atoms with Gasteiger partial charge in [0.25, 0.3) is 0 Å². The third kappa shape index (κ3) is 2.91. The summed E-state index contributed by atoms with van der Waals surface area (Å²) in [5, 5.41) is 9.56. The van der Waals surface area contributed by atoms with Crippen molar-refractivity contribution >= 4 is 5.97 Å². The number of ether oxygens (including phenoxy) is 1. The average Bonchev–Trinajstić information content (AvgIpc) is 2.39. The standard InChI is InChI=1S/C14H22F2O3/c1-19-11-4-2-10(3-5-11)13(12(17)18)6-8-14(15,16)9-7-13/h10-11H,2-9H2,1H3,(H,17,18). The third-order valence-corrected chi connectivity index (χ3v) is 5.09. The molecule has 2 aliphatic carbocycles. The number of carboxylic acids is 1. The molecule has 0 spiro atoms. The number of rotatable bonds is 3. The quantitative estimate of drug-likeness (QED) is 0.858. The third-order valence-electron chi connectivity index (χ3n) is 5.09. The van der Waals surface area contributed by atoms with Crippen molar-refractivity contribution in [3.05, 3.63) is 0 Å². The molecule has 110 valence electrons. The van der Waals surface area contributed by atoms with Gasteiger partial charge in [-0.15, -0.1) is 0 Å². The summed E-state index contributed by atoms with van der Waals surface area (Å²) in [7, 11) is 1.67. The highest BCUT2D eigenvalue weighted by Crippen LogP contribution is 2.52. The second-order valence-electron chi connectivity index (χ2n) is 6.03. The van der Waals surface area contributed by atoms with Gasteiger partial charge in [-0.25, -0.2) is 8.78 Å². The number of hydrogen-bond donors (Lipinski definition) is 1. The highest BCUT2D eigenvalue weighted by atomic mass is 19.3. The maximum absolute atomic E-state index is 13.3. The first-order valence-corrected chi connectivity index (χ1v) is 7.04. The van der Waals surface area contributed by atoms with Gasteiger partial charge >= 0.3 is 5.97 Å². The number of aliphatic carboxylic acids is 1. The number of carbonyl (C=O) groups is 1. The van der Waals surface area contributed by atoms with Crippen LogP contribution in [0.2, 0.25) is 0 Å². The number of halogens is 2. The molecule has 3 nitrogen and oxygen atoms in total. The van der Waals surface area contributed by atoms with Gasteiger partial charge in [0.1, 0.15) is 0 Å². The first-order valence-electron chi connectivity index (χ1n) is 7.04. The van der Waals surface area contributed by atoms with Gasteiger partial charge in [-0.1, -0.05) is 0 Å². The van der Waals surface area contributed by atoms with Crippen LogP contribution in [0.5, 0.6) is 0 Å². The van der Waals surface area contributed by atoms with Crippen LogP contribution in [-0.2, 0) is 9.53 Å². The summed E-state index contributed by atoms with van der Waals surface area (Å²) in [6.07, 6.45) is 3.07. The molecule has 2 aliphatic rings. The number of carboxylic acid groups (broad SMARTS) is 1. The van der Waals surface area contributed by atoms with Crippen LogP contribution < -0.4 is 0 Å². The van der Waals surface area contributed by atoms with Crippen molar-refractivity contribution in [2.45, 2.75) is 63.4 Å². The van der Waals surface area contributed by atoms with E-state index in [4.69, 9.17) is 4.74 Å².